The molecule has 6 nitrogen and oxygen atoms in total. The van der Waals surface area contributed by atoms with Crippen molar-refractivity contribution in [3.8, 4) is 5.75 Å². The third kappa shape index (κ3) is 5.93. The molecule has 0 atom stereocenters. The number of rotatable bonds is 10. The van der Waals surface area contributed by atoms with Crippen LogP contribution in [-0.4, -0.2) is 43.1 Å². The van der Waals surface area contributed by atoms with Crippen molar-refractivity contribution < 1.29 is 9.66 Å². The number of ether oxygens (including phenoxy) is 1. The van der Waals surface area contributed by atoms with E-state index in [-0.39, 0.29) is 10.6 Å². The van der Waals surface area contributed by atoms with E-state index < -0.39 is 0 Å². The lowest BCUT2D eigenvalue weighted by atomic mass is 10.1. The molecule has 0 spiro atoms. The van der Waals surface area contributed by atoms with Gasteiger partial charge in [-0.25, -0.2) is 0 Å². The molecule has 0 aliphatic carbocycles. The predicted octanol–water partition coefficient (Wildman–Crippen LogP) is 2.20. The molecule has 1 N–H and O–H groups in total. The van der Waals surface area contributed by atoms with Gasteiger partial charge in [0.15, 0.2) is 0 Å². The van der Waals surface area contributed by atoms with Crippen LogP contribution in [0.4, 0.5) is 5.69 Å². The number of nitrogens with zero attached hydrogens (tertiary/aromatic N) is 2. The summed E-state index contributed by atoms with van der Waals surface area (Å²) in [5.74, 6) is 0.689. The Morgan fingerprint density at radius 2 is 2.29 bits per heavy atom. The summed E-state index contributed by atoms with van der Waals surface area (Å²) >= 11 is 0. The number of nitro groups is 1. The highest BCUT2D eigenvalue weighted by Crippen LogP contribution is 2.25. The Bertz CT molecular complexity index is 477. The molecule has 21 heavy (non-hydrogen) atoms. The summed E-state index contributed by atoms with van der Waals surface area (Å²) in [5.41, 5.74) is 0.890. The fourth-order valence-corrected chi connectivity index (χ4v) is 1.93. The van der Waals surface area contributed by atoms with Gasteiger partial charge in [-0.1, -0.05) is 13.0 Å². The molecule has 0 fully saturated rings. The van der Waals surface area contributed by atoms with Crippen LogP contribution >= 0.6 is 0 Å². The van der Waals surface area contributed by atoms with E-state index in [1.54, 1.807) is 18.2 Å². The summed E-state index contributed by atoms with van der Waals surface area (Å²) in [7, 11) is 1.93. The van der Waals surface area contributed by atoms with E-state index in [0.717, 1.165) is 18.7 Å². The Labute approximate surface area is 125 Å². The van der Waals surface area contributed by atoms with Gasteiger partial charge in [0.05, 0.1) is 4.92 Å². The van der Waals surface area contributed by atoms with E-state index in [1.807, 2.05) is 18.9 Å². The molecule has 0 unspecified atom stereocenters. The van der Waals surface area contributed by atoms with Gasteiger partial charge in [-0.05, 0) is 19.7 Å². The van der Waals surface area contributed by atoms with Gasteiger partial charge in [0.2, 0.25) is 0 Å². The fourth-order valence-electron chi connectivity index (χ4n) is 1.93. The second kappa shape index (κ2) is 9.10. The normalized spacial score (nSPS) is 10.6. The zero-order valence-electron chi connectivity index (χ0n) is 12.7. The molecule has 1 aromatic rings. The minimum atomic E-state index is -0.389. The third-order valence-electron chi connectivity index (χ3n) is 2.92. The Morgan fingerprint density at radius 3 is 2.90 bits per heavy atom. The highest BCUT2D eigenvalue weighted by atomic mass is 16.6. The van der Waals surface area contributed by atoms with Crippen LogP contribution in [0.15, 0.2) is 30.9 Å². The lowest BCUT2D eigenvalue weighted by Gasteiger charge is -2.17. The predicted molar refractivity (Wildman–Crippen MR) is 83.7 cm³/mol. The van der Waals surface area contributed by atoms with Crippen LogP contribution in [0.3, 0.4) is 0 Å². The largest absolute Gasteiger partial charge is 0.492 e. The smallest absolute Gasteiger partial charge is 0.270 e. The monoisotopic (exact) mass is 293 g/mol. The molecule has 6 heteroatoms. The maximum atomic E-state index is 10.9. The average Bonchev–Trinajstić information content (AvgIpc) is 2.44. The van der Waals surface area contributed by atoms with Crippen molar-refractivity contribution in [3.63, 3.8) is 0 Å². The van der Waals surface area contributed by atoms with Crippen molar-refractivity contribution in [2.45, 2.75) is 13.5 Å². The molecule has 0 radical (unpaired) electrons. The van der Waals surface area contributed by atoms with Crippen LogP contribution in [0.25, 0.3) is 0 Å². The first kappa shape index (κ1) is 17.1. The molecular weight excluding hydrogens is 270 g/mol. The van der Waals surface area contributed by atoms with Crippen LogP contribution in [0.1, 0.15) is 12.5 Å². The summed E-state index contributed by atoms with van der Waals surface area (Å²) in [5, 5.41) is 14.1. The zero-order valence-corrected chi connectivity index (χ0v) is 12.7. The number of hydrogen-bond donors (Lipinski definition) is 1. The molecule has 0 bridgehead atoms. The van der Waals surface area contributed by atoms with Crippen LogP contribution in [0, 0.1) is 10.1 Å². The summed E-state index contributed by atoms with van der Waals surface area (Å²) in [6.07, 6.45) is 1.79. The van der Waals surface area contributed by atoms with Crippen LogP contribution < -0.4 is 10.1 Å². The number of likely N-dealkylation sites (N-methyl/N-ethyl adjacent to an activating group) is 2. The molecule has 1 rings (SSSR count). The standard InChI is InChI=1S/C15H23N3O3/c1-4-9-17(3)12-13-11-14(18(19)20)6-7-15(13)21-10-8-16-5-2/h4,6-7,11,16H,1,5,8-10,12H2,2-3H3. The molecule has 0 amide bonds. The molecule has 1 aromatic carbocycles. The number of benzene rings is 1. The molecule has 0 saturated carbocycles. The highest BCUT2D eigenvalue weighted by Gasteiger charge is 2.13. The molecule has 116 valence electrons. The van der Waals surface area contributed by atoms with E-state index in [9.17, 15) is 10.1 Å². The number of nitrogens with one attached hydrogen (secondary N) is 1. The van der Waals surface area contributed by atoms with Gasteiger partial charge in [0, 0.05) is 37.3 Å². The molecule has 0 aromatic heterocycles. The highest BCUT2D eigenvalue weighted by molar-refractivity contribution is 5.43. The van der Waals surface area contributed by atoms with Crippen molar-refractivity contribution in [3.05, 3.63) is 46.5 Å². The summed E-state index contributed by atoms with van der Waals surface area (Å²) in [6.45, 7) is 9.17. The maximum absolute atomic E-state index is 10.9. The van der Waals surface area contributed by atoms with Crippen molar-refractivity contribution in [1.82, 2.24) is 10.2 Å². The van der Waals surface area contributed by atoms with Gasteiger partial charge in [0.1, 0.15) is 12.4 Å². The van der Waals surface area contributed by atoms with Gasteiger partial charge in [-0.3, -0.25) is 15.0 Å². The van der Waals surface area contributed by atoms with Crippen molar-refractivity contribution >= 4 is 5.69 Å². The second-order valence-electron chi connectivity index (χ2n) is 4.74. The first-order valence-corrected chi connectivity index (χ1v) is 6.98. The van der Waals surface area contributed by atoms with Crippen molar-refractivity contribution in [1.29, 1.82) is 0 Å². The van der Waals surface area contributed by atoms with Gasteiger partial charge >= 0.3 is 0 Å². The Kier molecular flexibility index (Phi) is 7.42. The van der Waals surface area contributed by atoms with E-state index in [0.29, 0.717) is 25.4 Å². The maximum Gasteiger partial charge on any atom is 0.270 e. The summed E-state index contributed by atoms with van der Waals surface area (Å²) < 4.78 is 5.72. The minimum absolute atomic E-state index is 0.0797. The topological polar surface area (TPSA) is 67.6 Å². The second-order valence-corrected chi connectivity index (χ2v) is 4.74. The third-order valence-corrected chi connectivity index (χ3v) is 2.92. The fraction of sp³-hybridized carbons (Fsp3) is 0.467. The Balaban J connectivity index is 2.83. The van der Waals surface area contributed by atoms with Gasteiger partial charge in [0.25, 0.3) is 5.69 Å². The van der Waals surface area contributed by atoms with Gasteiger partial charge < -0.3 is 10.1 Å². The van der Waals surface area contributed by atoms with Crippen LogP contribution in [-0.2, 0) is 6.54 Å². The Hall–Kier alpha value is -1.92. The summed E-state index contributed by atoms with van der Waals surface area (Å²) in [6, 6.07) is 4.71. The Morgan fingerprint density at radius 1 is 1.52 bits per heavy atom. The quantitative estimate of drug-likeness (QED) is 0.310. The lowest BCUT2D eigenvalue weighted by Crippen LogP contribution is -2.21. The zero-order chi connectivity index (χ0) is 15.7. The first-order valence-electron chi connectivity index (χ1n) is 6.98. The van der Waals surface area contributed by atoms with Gasteiger partial charge in [-0.15, -0.1) is 6.58 Å². The van der Waals surface area contributed by atoms with E-state index in [2.05, 4.69) is 11.9 Å². The van der Waals surface area contributed by atoms with Crippen LogP contribution in [0.5, 0.6) is 5.75 Å². The average molecular weight is 293 g/mol. The van der Waals surface area contributed by atoms with Crippen molar-refractivity contribution in [2.75, 3.05) is 33.3 Å². The lowest BCUT2D eigenvalue weighted by molar-refractivity contribution is -0.385. The molecule has 0 aliphatic rings. The number of non-ortho nitro benzene ring substituents is 1. The first-order chi connectivity index (χ1) is 10.1. The SMILES string of the molecule is C=CCN(C)Cc1cc([N+](=O)[O-])ccc1OCCNCC. The number of nitro benzene ring substituents is 1. The minimum Gasteiger partial charge on any atom is -0.492 e. The van der Waals surface area contributed by atoms with Gasteiger partial charge in [-0.2, -0.15) is 0 Å². The molecule has 0 heterocycles. The van der Waals surface area contributed by atoms with E-state index >= 15 is 0 Å². The summed E-state index contributed by atoms with van der Waals surface area (Å²) in [4.78, 5) is 12.5. The van der Waals surface area contributed by atoms with E-state index in [1.165, 1.54) is 6.07 Å². The molecule has 0 saturated heterocycles. The number of hydrogen-bond acceptors (Lipinski definition) is 5. The van der Waals surface area contributed by atoms with E-state index in [4.69, 9.17) is 4.74 Å². The van der Waals surface area contributed by atoms with Crippen LogP contribution in [0.2, 0.25) is 0 Å². The molecule has 0 aliphatic heterocycles. The molecular formula is C15H23N3O3. The van der Waals surface area contributed by atoms with Crippen molar-refractivity contribution in [2.24, 2.45) is 0 Å².